The average molecular weight is 364 g/mol. The van der Waals surface area contributed by atoms with E-state index in [-0.39, 0.29) is 17.4 Å². The molecule has 0 N–H and O–H groups in total. The molecule has 6 rings (SSSR count). The molecule has 2 aromatic carbocycles. The monoisotopic (exact) mass is 364 g/mol. The van der Waals surface area contributed by atoms with Gasteiger partial charge < -0.3 is 14.2 Å². The highest BCUT2D eigenvalue weighted by Crippen LogP contribution is 2.67. The predicted octanol–water partition coefficient (Wildman–Crippen LogP) is 5.37. The van der Waals surface area contributed by atoms with Gasteiger partial charge in [-0.1, -0.05) is 74.4 Å². The first-order valence-electron chi connectivity index (χ1n) is 10.3. The van der Waals surface area contributed by atoms with Gasteiger partial charge in [0.05, 0.1) is 19.3 Å². The Balaban J connectivity index is 1.43. The molecule has 27 heavy (non-hydrogen) atoms. The van der Waals surface area contributed by atoms with Gasteiger partial charge in [-0.3, -0.25) is 0 Å². The van der Waals surface area contributed by atoms with Gasteiger partial charge in [0.25, 0.3) is 0 Å². The van der Waals surface area contributed by atoms with Gasteiger partial charge >= 0.3 is 0 Å². The quantitative estimate of drug-likeness (QED) is 0.661. The molecule has 4 atom stereocenters. The lowest BCUT2D eigenvalue weighted by Gasteiger charge is -2.53. The first-order valence-corrected chi connectivity index (χ1v) is 10.3. The summed E-state index contributed by atoms with van der Waals surface area (Å²) in [6, 6.07) is 19.1. The zero-order valence-electron chi connectivity index (χ0n) is 16.0. The molecule has 0 aromatic heterocycles. The standard InChI is InChI=1S/C24H28O3/c1-2-3-13-23-14-21-19-11-7-8-12-20(19)22(23)24(27-21,26-16-23)17-25-15-18-9-5-4-6-10-18/h4-12,21-22H,2-3,13-17H2,1H3/t21-,22-,23-,24-/m1/s1. The minimum absolute atomic E-state index is 0.130. The molecule has 0 radical (unpaired) electrons. The van der Waals surface area contributed by atoms with E-state index in [1.54, 1.807) is 0 Å². The summed E-state index contributed by atoms with van der Waals surface area (Å²) in [4.78, 5) is 0. The fraction of sp³-hybridized carbons (Fsp3) is 0.500. The third-order valence-corrected chi connectivity index (χ3v) is 6.69. The molecule has 3 heterocycles. The van der Waals surface area contributed by atoms with Gasteiger partial charge in [0, 0.05) is 11.3 Å². The maximum atomic E-state index is 6.59. The molecular formula is C24H28O3. The van der Waals surface area contributed by atoms with Crippen molar-refractivity contribution in [1.29, 1.82) is 0 Å². The zero-order chi connectivity index (χ0) is 18.3. The molecule has 2 fully saturated rings. The van der Waals surface area contributed by atoms with E-state index in [1.807, 2.05) is 18.2 Å². The van der Waals surface area contributed by atoms with Crippen molar-refractivity contribution >= 4 is 0 Å². The smallest absolute Gasteiger partial charge is 0.200 e. The molecule has 2 aromatic rings. The fourth-order valence-electron chi connectivity index (χ4n) is 5.53. The van der Waals surface area contributed by atoms with Crippen molar-refractivity contribution in [3.8, 4) is 0 Å². The summed E-state index contributed by atoms with van der Waals surface area (Å²) in [5.41, 5.74) is 4.17. The molecule has 4 aliphatic rings. The van der Waals surface area contributed by atoms with Crippen LogP contribution < -0.4 is 0 Å². The second-order valence-corrected chi connectivity index (χ2v) is 8.42. The number of ether oxygens (including phenoxy) is 3. The van der Waals surface area contributed by atoms with Gasteiger partial charge in [0.2, 0.25) is 0 Å². The van der Waals surface area contributed by atoms with E-state index in [2.05, 4.69) is 43.3 Å². The van der Waals surface area contributed by atoms with Gasteiger partial charge in [-0.05, 0) is 29.5 Å². The van der Waals surface area contributed by atoms with Gasteiger partial charge in [-0.2, -0.15) is 0 Å². The Labute approximate surface area is 161 Å². The highest BCUT2D eigenvalue weighted by Gasteiger charge is 2.67. The van der Waals surface area contributed by atoms with Crippen LogP contribution in [0.3, 0.4) is 0 Å². The van der Waals surface area contributed by atoms with Crippen LogP contribution in [0.2, 0.25) is 0 Å². The lowest BCUT2D eigenvalue weighted by atomic mass is 9.58. The molecule has 2 saturated heterocycles. The minimum atomic E-state index is -0.625. The second kappa shape index (κ2) is 6.73. The van der Waals surface area contributed by atoms with E-state index >= 15 is 0 Å². The Morgan fingerprint density at radius 1 is 1.04 bits per heavy atom. The van der Waals surface area contributed by atoms with Crippen LogP contribution in [0.25, 0.3) is 0 Å². The van der Waals surface area contributed by atoms with Crippen molar-refractivity contribution in [2.24, 2.45) is 5.41 Å². The van der Waals surface area contributed by atoms with E-state index in [1.165, 1.54) is 36.0 Å². The number of hydrogen-bond donors (Lipinski definition) is 0. The molecule has 3 aliphatic heterocycles. The second-order valence-electron chi connectivity index (χ2n) is 8.42. The van der Waals surface area contributed by atoms with Crippen LogP contribution in [-0.4, -0.2) is 19.0 Å². The molecular weight excluding hydrogens is 336 g/mol. The predicted molar refractivity (Wildman–Crippen MR) is 104 cm³/mol. The number of hydrogen-bond acceptors (Lipinski definition) is 3. The van der Waals surface area contributed by atoms with Crippen molar-refractivity contribution in [3.05, 3.63) is 71.3 Å². The summed E-state index contributed by atoms with van der Waals surface area (Å²) in [6.45, 7) is 4.15. The Kier molecular flexibility index (Phi) is 4.34. The summed E-state index contributed by atoms with van der Waals surface area (Å²) in [5.74, 6) is -0.353. The summed E-state index contributed by atoms with van der Waals surface area (Å²) in [7, 11) is 0. The average Bonchev–Trinajstić information content (AvgIpc) is 2.95. The van der Waals surface area contributed by atoms with Gasteiger partial charge in [0.1, 0.15) is 6.61 Å². The summed E-state index contributed by atoms with van der Waals surface area (Å²) < 4.78 is 19.2. The third-order valence-electron chi connectivity index (χ3n) is 6.69. The summed E-state index contributed by atoms with van der Waals surface area (Å²) in [6.07, 6.45) is 4.89. The molecule has 142 valence electrons. The van der Waals surface area contributed by atoms with Crippen LogP contribution in [0.15, 0.2) is 54.6 Å². The molecule has 4 bridgehead atoms. The van der Waals surface area contributed by atoms with E-state index in [4.69, 9.17) is 14.2 Å². The fourth-order valence-corrected chi connectivity index (χ4v) is 5.53. The van der Waals surface area contributed by atoms with Crippen LogP contribution in [0.1, 0.15) is 61.3 Å². The number of unbranched alkanes of at least 4 members (excludes halogenated alkanes) is 1. The molecule has 0 saturated carbocycles. The van der Waals surface area contributed by atoms with E-state index in [0.29, 0.717) is 13.2 Å². The van der Waals surface area contributed by atoms with Crippen molar-refractivity contribution in [1.82, 2.24) is 0 Å². The Hall–Kier alpha value is -1.68. The summed E-state index contributed by atoms with van der Waals surface area (Å²) >= 11 is 0. The third kappa shape index (κ3) is 2.75. The van der Waals surface area contributed by atoms with Crippen molar-refractivity contribution in [2.75, 3.05) is 13.2 Å². The lowest BCUT2D eigenvalue weighted by Crippen LogP contribution is -2.54. The first kappa shape index (κ1) is 17.4. The lowest BCUT2D eigenvalue weighted by molar-refractivity contribution is -0.288. The maximum Gasteiger partial charge on any atom is 0.200 e. The van der Waals surface area contributed by atoms with Crippen LogP contribution in [0.5, 0.6) is 0 Å². The van der Waals surface area contributed by atoms with Crippen molar-refractivity contribution < 1.29 is 14.2 Å². The Morgan fingerprint density at radius 3 is 2.63 bits per heavy atom. The maximum absolute atomic E-state index is 6.59. The largest absolute Gasteiger partial charge is 0.371 e. The van der Waals surface area contributed by atoms with Crippen molar-refractivity contribution in [3.63, 3.8) is 0 Å². The Morgan fingerprint density at radius 2 is 1.81 bits per heavy atom. The van der Waals surface area contributed by atoms with E-state index in [0.717, 1.165) is 13.0 Å². The van der Waals surface area contributed by atoms with E-state index < -0.39 is 5.79 Å². The van der Waals surface area contributed by atoms with Crippen LogP contribution in [0, 0.1) is 5.41 Å². The molecule has 0 amide bonds. The SMILES string of the molecule is CCCC[C@]12CO[C@]3(COCc4ccccc4)O[C@H](C1)c1ccccc1[C@H]23. The molecule has 3 nitrogen and oxygen atoms in total. The first-order chi connectivity index (χ1) is 13.3. The van der Waals surface area contributed by atoms with Crippen molar-refractivity contribution in [2.45, 2.75) is 57.0 Å². The van der Waals surface area contributed by atoms with E-state index in [9.17, 15) is 0 Å². The normalized spacial score (nSPS) is 33.2. The highest BCUT2D eigenvalue weighted by molar-refractivity contribution is 5.42. The van der Waals surface area contributed by atoms with Crippen LogP contribution in [0.4, 0.5) is 0 Å². The zero-order valence-corrected chi connectivity index (χ0v) is 16.0. The van der Waals surface area contributed by atoms with Crippen LogP contribution in [-0.2, 0) is 20.8 Å². The number of benzene rings is 2. The van der Waals surface area contributed by atoms with Gasteiger partial charge in [0.15, 0.2) is 5.79 Å². The molecule has 3 heteroatoms. The molecule has 0 unspecified atom stereocenters. The highest BCUT2D eigenvalue weighted by atomic mass is 16.7. The molecule has 1 aliphatic carbocycles. The van der Waals surface area contributed by atoms with Gasteiger partial charge in [-0.15, -0.1) is 0 Å². The van der Waals surface area contributed by atoms with Gasteiger partial charge in [-0.25, -0.2) is 0 Å². The Bertz CT molecular complexity index is 804. The van der Waals surface area contributed by atoms with Crippen LogP contribution >= 0.6 is 0 Å². The molecule has 0 spiro atoms. The summed E-state index contributed by atoms with van der Waals surface area (Å²) in [5, 5.41) is 0. The topological polar surface area (TPSA) is 27.7 Å². The minimum Gasteiger partial charge on any atom is -0.371 e. The number of rotatable bonds is 7.